The second-order valence-corrected chi connectivity index (χ2v) is 4.83. The summed E-state index contributed by atoms with van der Waals surface area (Å²) in [7, 11) is 0. The van der Waals surface area contributed by atoms with Crippen LogP contribution in [-0.4, -0.2) is 48.2 Å². The van der Waals surface area contributed by atoms with Gasteiger partial charge in [-0.25, -0.2) is 4.79 Å². The van der Waals surface area contributed by atoms with Crippen molar-refractivity contribution in [2.24, 2.45) is 0 Å². The lowest BCUT2D eigenvalue weighted by Crippen LogP contribution is -2.49. The first-order valence-corrected chi connectivity index (χ1v) is 6.40. The first kappa shape index (κ1) is 12.4. The molecule has 2 fully saturated rings. The molecule has 2 aliphatic heterocycles. The Labute approximate surface area is 111 Å². The summed E-state index contributed by atoms with van der Waals surface area (Å²) in [6.45, 7) is 2.59. The van der Waals surface area contributed by atoms with Gasteiger partial charge in [0.1, 0.15) is 5.56 Å². The van der Waals surface area contributed by atoms with E-state index in [0.29, 0.717) is 25.4 Å². The zero-order valence-corrected chi connectivity index (χ0v) is 10.5. The number of carboxylic acid groups (broad SMARTS) is 1. The van der Waals surface area contributed by atoms with Crippen molar-refractivity contribution in [1.82, 2.24) is 4.98 Å². The molecule has 0 radical (unpaired) electrons. The van der Waals surface area contributed by atoms with Crippen molar-refractivity contribution >= 4 is 11.7 Å². The SMILES string of the molecule is O=C(O)c1cnccc1N1CCCC2(C1)OCCO2. The molecule has 1 aromatic rings. The zero-order valence-electron chi connectivity index (χ0n) is 10.5. The van der Waals surface area contributed by atoms with E-state index in [9.17, 15) is 9.90 Å². The van der Waals surface area contributed by atoms with Gasteiger partial charge >= 0.3 is 5.97 Å². The normalized spacial score (nSPS) is 21.8. The average molecular weight is 264 g/mol. The molecule has 0 aromatic carbocycles. The van der Waals surface area contributed by atoms with Crippen LogP contribution in [0.2, 0.25) is 0 Å². The molecule has 1 spiro atoms. The number of aromatic nitrogens is 1. The minimum atomic E-state index is -0.962. The van der Waals surface area contributed by atoms with Gasteiger partial charge in [-0.2, -0.15) is 0 Å². The standard InChI is InChI=1S/C13H16N2O4/c16-12(17)10-8-14-4-2-11(10)15-5-1-3-13(9-15)18-6-7-19-13/h2,4,8H,1,3,5-7,9H2,(H,16,17). The summed E-state index contributed by atoms with van der Waals surface area (Å²) in [4.78, 5) is 17.1. The predicted octanol–water partition coefficient (Wildman–Crippen LogP) is 1.12. The Kier molecular flexibility index (Phi) is 3.12. The third-order valence-corrected chi connectivity index (χ3v) is 3.60. The Morgan fingerprint density at radius 3 is 2.95 bits per heavy atom. The van der Waals surface area contributed by atoms with Crippen LogP contribution in [-0.2, 0) is 9.47 Å². The molecule has 3 heterocycles. The molecule has 2 aliphatic rings. The second-order valence-electron chi connectivity index (χ2n) is 4.83. The maximum absolute atomic E-state index is 11.2. The van der Waals surface area contributed by atoms with Crippen LogP contribution in [0.1, 0.15) is 23.2 Å². The van der Waals surface area contributed by atoms with Gasteiger partial charge in [-0.05, 0) is 12.5 Å². The number of nitrogens with zero attached hydrogens (tertiary/aromatic N) is 2. The number of carboxylic acids is 1. The van der Waals surface area contributed by atoms with Crippen LogP contribution in [0.5, 0.6) is 0 Å². The molecule has 3 rings (SSSR count). The highest BCUT2D eigenvalue weighted by atomic mass is 16.7. The van der Waals surface area contributed by atoms with Gasteiger partial charge in [0.2, 0.25) is 0 Å². The third-order valence-electron chi connectivity index (χ3n) is 3.60. The number of anilines is 1. The number of ether oxygens (including phenoxy) is 2. The number of hydrogen-bond donors (Lipinski definition) is 1. The molecule has 19 heavy (non-hydrogen) atoms. The lowest BCUT2D eigenvalue weighted by Gasteiger charge is -2.40. The lowest BCUT2D eigenvalue weighted by atomic mass is 10.0. The van der Waals surface area contributed by atoms with E-state index in [-0.39, 0.29) is 5.56 Å². The van der Waals surface area contributed by atoms with Crippen molar-refractivity contribution in [3.63, 3.8) is 0 Å². The lowest BCUT2D eigenvalue weighted by molar-refractivity contribution is -0.161. The van der Waals surface area contributed by atoms with Crippen LogP contribution in [0.3, 0.4) is 0 Å². The number of pyridine rings is 1. The van der Waals surface area contributed by atoms with Crippen LogP contribution >= 0.6 is 0 Å². The fourth-order valence-electron chi connectivity index (χ4n) is 2.75. The van der Waals surface area contributed by atoms with Crippen LogP contribution in [0.15, 0.2) is 18.5 Å². The van der Waals surface area contributed by atoms with Crippen LogP contribution < -0.4 is 4.90 Å². The van der Waals surface area contributed by atoms with Gasteiger partial charge in [0.25, 0.3) is 0 Å². The first-order valence-electron chi connectivity index (χ1n) is 6.40. The van der Waals surface area contributed by atoms with Crippen LogP contribution in [0, 0.1) is 0 Å². The molecule has 0 aliphatic carbocycles. The molecule has 0 saturated carbocycles. The Balaban J connectivity index is 1.87. The van der Waals surface area contributed by atoms with Crippen LogP contribution in [0.25, 0.3) is 0 Å². The number of carbonyl (C=O) groups is 1. The molecule has 1 N–H and O–H groups in total. The number of hydrogen-bond acceptors (Lipinski definition) is 5. The van der Waals surface area contributed by atoms with Gasteiger partial charge < -0.3 is 19.5 Å². The van der Waals surface area contributed by atoms with E-state index in [4.69, 9.17) is 9.47 Å². The molecule has 6 nitrogen and oxygen atoms in total. The van der Waals surface area contributed by atoms with Gasteiger partial charge in [0.05, 0.1) is 25.4 Å². The van der Waals surface area contributed by atoms with E-state index in [0.717, 1.165) is 19.4 Å². The fourth-order valence-corrected chi connectivity index (χ4v) is 2.75. The van der Waals surface area contributed by atoms with E-state index in [1.807, 2.05) is 4.90 Å². The van der Waals surface area contributed by atoms with E-state index in [1.165, 1.54) is 6.20 Å². The van der Waals surface area contributed by atoms with Crippen LogP contribution in [0.4, 0.5) is 5.69 Å². The summed E-state index contributed by atoms with van der Waals surface area (Å²) in [5, 5.41) is 9.22. The van der Waals surface area contributed by atoms with Gasteiger partial charge in [-0.1, -0.05) is 0 Å². The molecular formula is C13H16N2O4. The van der Waals surface area contributed by atoms with Gasteiger partial charge in [0.15, 0.2) is 5.79 Å². The molecule has 1 aromatic heterocycles. The Morgan fingerprint density at radius 2 is 2.21 bits per heavy atom. The molecule has 0 amide bonds. The molecule has 6 heteroatoms. The molecule has 102 valence electrons. The quantitative estimate of drug-likeness (QED) is 0.863. The van der Waals surface area contributed by atoms with Crippen molar-refractivity contribution in [2.45, 2.75) is 18.6 Å². The highest BCUT2D eigenvalue weighted by molar-refractivity contribution is 5.94. The first-order chi connectivity index (χ1) is 9.20. The van der Waals surface area contributed by atoms with Gasteiger partial charge in [0, 0.05) is 25.4 Å². The Bertz CT molecular complexity index is 485. The van der Waals surface area contributed by atoms with Gasteiger partial charge in [-0.3, -0.25) is 4.98 Å². The monoisotopic (exact) mass is 264 g/mol. The maximum Gasteiger partial charge on any atom is 0.339 e. The summed E-state index contributed by atoms with van der Waals surface area (Å²) in [5.74, 6) is -1.52. The highest BCUT2D eigenvalue weighted by Gasteiger charge is 2.41. The van der Waals surface area contributed by atoms with Crippen molar-refractivity contribution in [1.29, 1.82) is 0 Å². The molecule has 2 saturated heterocycles. The topological polar surface area (TPSA) is 71.9 Å². The molecule has 0 atom stereocenters. The summed E-state index contributed by atoms with van der Waals surface area (Å²) < 4.78 is 11.4. The fraction of sp³-hybridized carbons (Fsp3) is 0.538. The molecule has 0 unspecified atom stereocenters. The minimum absolute atomic E-state index is 0.220. The maximum atomic E-state index is 11.2. The molecule has 0 bridgehead atoms. The van der Waals surface area contributed by atoms with Gasteiger partial charge in [-0.15, -0.1) is 0 Å². The van der Waals surface area contributed by atoms with E-state index >= 15 is 0 Å². The predicted molar refractivity (Wildman–Crippen MR) is 67.3 cm³/mol. The third kappa shape index (κ3) is 2.29. The Morgan fingerprint density at radius 1 is 1.42 bits per heavy atom. The second kappa shape index (κ2) is 4.79. The molecular weight excluding hydrogens is 248 g/mol. The number of piperidine rings is 1. The largest absolute Gasteiger partial charge is 0.478 e. The summed E-state index contributed by atoms with van der Waals surface area (Å²) in [6, 6.07) is 1.73. The van der Waals surface area contributed by atoms with Crippen molar-refractivity contribution in [3.05, 3.63) is 24.0 Å². The van der Waals surface area contributed by atoms with E-state index in [2.05, 4.69) is 4.98 Å². The van der Waals surface area contributed by atoms with E-state index in [1.54, 1.807) is 12.3 Å². The van der Waals surface area contributed by atoms with Crippen molar-refractivity contribution < 1.29 is 19.4 Å². The Hall–Kier alpha value is -1.66. The van der Waals surface area contributed by atoms with Crippen molar-refractivity contribution in [3.8, 4) is 0 Å². The smallest absolute Gasteiger partial charge is 0.339 e. The summed E-state index contributed by atoms with van der Waals surface area (Å²) in [6.07, 6.45) is 4.77. The van der Waals surface area contributed by atoms with E-state index < -0.39 is 11.8 Å². The average Bonchev–Trinajstić information content (AvgIpc) is 2.86. The van der Waals surface area contributed by atoms with Crippen molar-refractivity contribution in [2.75, 3.05) is 31.2 Å². The number of aromatic carboxylic acids is 1. The summed E-state index contributed by atoms with van der Waals surface area (Å²) in [5.41, 5.74) is 0.901. The minimum Gasteiger partial charge on any atom is -0.478 e. The number of rotatable bonds is 2. The zero-order chi connectivity index (χ0) is 13.3. The highest BCUT2D eigenvalue weighted by Crippen LogP contribution is 2.33. The summed E-state index contributed by atoms with van der Waals surface area (Å²) >= 11 is 0.